The van der Waals surface area contributed by atoms with E-state index in [0.29, 0.717) is 17.7 Å². The Morgan fingerprint density at radius 1 is 1.00 bits per heavy atom. The highest BCUT2D eigenvalue weighted by atomic mass is 32.2. The molecule has 0 bridgehead atoms. The zero-order valence-corrected chi connectivity index (χ0v) is 16.1. The van der Waals surface area contributed by atoms with Gasteiger partial charge in [0.05, 0.1) is 16.3 Å². The second-order valence-corrected chi connectivity index (χ2v) is 9.54. The van der Waals surface area contributed by atoms with Gasteiger partial charge in [0.25, 0.3) is 10.0 Å². The van der Waals surface area contributed by atoms with Gasteiger partial charge < -0.3 is 4.90 Å². The summed E-state index contributed by atoms with van der Waals surface area (Å²) in [4.78, 5) is 14.5. The van der Waals surface area contributed by atoms with Crippen molar-refractivity contribution in [3.63, 3.8) is 0 Å². The Morgan fingerprint density at radius 2 is 1.74 bits per heavy atom. The van der Waals surface area contributed by atoms with Crippen molar-refractivity contribution >= 4 is 27.3 Å². The Labute approximate surface area is 159 Å². The zero-order valence-electron chi connectivity index (χ0n) is 15.3. The summed E-state index contributed by atoms with van der Waals surface area (Å²) in [6, 6.07) is 11.2. The molecular formula is C21H22N2O3S. The van der Waals surface area contributed by atoms with Crippen LogP contribution in [-0.4, -0.2) is 26.9 Å². The Balaban J connectivity index is 1.64. The van der Waals surface area contributed by atoms with Crippen molar-refractivity contribution in [2.24, 2.45) is 0 Å². The minimum Gasteiger partial charge on any atom is -0.312 e. The molecule has 140 valence electrons. The number of nitrogens with zero attached hydrogens (tertiary/aromatic N) is 2. The molecule has 0 N–H and O–H groups in total. The van der Waals surface area contributed by atoms with Crippen LogP contribution in [0.5, 0.6) is 0 Å². The summed E-state index contributed by atoms with van der Waals surface area (Å²) < 4.78 is 28.7. The second kappa shape index (κ2) is 5.83. The van der Waals surface area contributed by atoms with E-state index in [1.54, 1.807) is 16.4 Å². The number of carbonyl (C=O) groups excluding carboxylic acids is 1. The second-order valence-electron chi connectivity index (χ2n) is 7.72. The van der Waals surface area contributed by atoms with Crippen LogP contribution in [0.3, 0.4) is 0 Å². The molecule has 3 aliphatic heterocycles. The van der Waals surface area contributed by atoms with E-state index in [4.69, 9.17) is 0 Å². The first-order chi connectivity index (χ1) is 13.0. The van der Waals surface area contributed by atoms with Crippen molar-refractivity contribution < 1.29 is 13.2 Å². The van der Waals surface area contributed by atoms with Crippen LogP contribution < -0.4 is 9.21 Å². The van der Waals surface area contributed by atoms with Gasteiger partial charge in [-0.15, -0.1) is 0 Å². The first-order valence-corrected chi connectivity index (χ1v) is 11.0. The number of hydrogen-bond acceptors (Lipinski definition) is 3. The summed E-state index contributed by atoms with van der Waals surface area (Å²) in [6.45, 7) is 2.70. The molecule has 0 aromatic heterocycles. The molecule has 0 saturated carbocycles. The van der Waals surface area contributed by atoms with Gasteiger partial charge in [-0.3, -0.25) is 9.10 Å². The van der Waals surface area contributed by atoms with E-state index in [1.807, 2.05) is 36.1 Å². The van der Waals surface area contributed by atoms with E-state index >= 15 is 0 Å². The maximum atomic E-state index is 13.6. The third-order valence-corrected chi connectivity index (χ3v) is 7.86. The Bertz CT molecular complexity index is 1040. The monoisotopic (exact) mass is 382 g/mol. The van der Waals surface area contributed by atoms with E-state index in [0.717, 1.165) is 53.9 Å². The summed E-state index contributed by atoms with van der Waals surface area (Å²) in [6.07, 6.45) is 3.51. The number of amides is 1. The number of para-hydroxylation sites is 1. The fraction of sp³-hybridized carbons (Fsp3) is 0.381. The maximum Gasteiger partial charge on any atom is 0.264 e. The molecule has 3 heterocycles. The van der Waals surface area contributed by atoms with Gasteiger partial charge >= 0.3 is 0 Å². The predicted octanol–water partition coefficient (Wildman–Crippen LogP) is 3.05. The van der Waals surface area contributed by atoms with Crippen LogP contribution in [0.1, 0.15) is 36.5 Å². The highest BCUT2D eigenvalue weighted by Crippen LogP contribution is 2.41. The van der Waals surface area contributed by atoms with Gasteiger partial charge in [-0.25, -0.2) is 8.42 Å². The largest absolute Gasteiger partial charge is 0.312 e. The number of rotatable bonds is 2. The standard InChI is InChI=1S/C21H22N2O3S/c1-14-11-15-5-2-3-7-19(15)23(14)27(25,26)18-12-16-6-4-10-22-20(24)9-8-17(13-18)21(16)22/h2-3,5,7,12-14H,4,6,8-11H2,1H3. The number of anilines is 2. The fourth-order valence-corrected chi connectivity index (χ4v) is 6.58. The van der Waals surface area contributed by atoms with Crippen LogP contribution in [0.15, 0.2) is 41.3 Å². The molecule has 5 nitrogen and oxygen atoms in total. The van der Waals surface area contributed by atoms with Gasteiger partial charge in [-0.1, -0.05) is 18.2 Å². The van der Waals surface area contributed by atoms with Crippen molar-refractivity contribution in [2.45, 2.75) is 50.0 Å². The van der Waals surface area contributed by atoms with Gasteiger partial charge in [0.15, 0.2) is 0 Å². The molecule has 3 aliphatic rings. The molecule has 0 radical (unpaired) electrons. The Morgan fingerprint density at radius 3 is 2.56 bits per heavy atom. The van der Waals surface area contributed by atoms with Gasteiger partial charge in [0.1, 0.15) is 0 Å². The molecular weight excluding hydrogens is 360 g/mol. The topological polar surface area (TPSA) is 57.7 Å². The maximum absolute atomic E-state index is 13.6. The number of aryl methyl sites for hydroxylation is 2. The molecule has 0 spiro atoms. The van der Waals surface area contributed by atoms with E-state index in [1.165, 1.54) is 0 Å². The van der Waals surface area contributed by atoms with Crippen LogP contribution in [0, 0.1) is 0 Å². The lowest BCUT2D eigenvalue weighted by atomic mass is 9.92. The average Bonchev–Trinajstić information content (AvgIpc) is 3.00. The Kier molecular flexibility index (Phi) is 3.63. The van der Waals surface area contributed by atoms with Crippen molar-refractivity contribution in [1.82, 2.24) is 0 Å². The van der Waals surface area contributed by atoms with Crippen LogP contribution in [-0.2, 0) is 34.1 Å². The third-order valence-electron chi connectivity index (χ3n) is 5.95. The predicted molar refractivity (Wildman–Crippen MR) is 105 cm³/mol. The summed E-state index contributed by atoms with van der Waals surface area (Å²) in [5, 5.41) is 0. The van der Waals surface area contributed by atoms with Gasteiger partial charge in [-0.2, -0.15) is 0 Å². The lowest BCUT2D eigenvalue weighted by Crippen LogP contribution is -2.40. The SMILES string of the molecule is CC1Cc2ccccc2N1S(=O)(=O)c1cc2c3c(c1)CCC(=O)N3CCC2. The lowest BCUT2D eigenvalue weighted by Gasteiger charge is -2.36. The fourth-order valence-electron chi connectivity index (χ4n) is 4.79. The normalized spacial score (nSPS) is 21.2. The molecule has 2 aromatic rings. The highest BCUT2D eigenvalue weighted by molar-refractivity contribution is 7.92. The number of sulfonamides is 1. The molecule has 1 atom stereocenters. The summed E-state index contributed by atoms with van der Waals surface area (Å²) >= 11 is 0. The zero-order chi connectivity index (χ0) is 18.8. The molecule has 27 heavy (non-hydrogen) atoms. The van der Waals surface area contributed by atoms with E-state index < -0.39 is 10.0 Å². The number of fused-ring (bicyclic) bond motifs is 1. The smallest absolute Gasteiger partial charge is 0.264 e. The van der Waals surface area contributed by atoms with Crippen LogP contribution >= 0.6 is 0 Å². The van der Waals surface area contributed by atoms with Gasteiger partial charge in [0.2, 0.25) is 5.91 Å². The third kappa shape index (κ3) is 2.42. The summed E-state index contributed by atoms with van der Waals surface area (Å²) in [5.41, 5.74) is 4.81. The van der Waals surface area contributed by atoms with Crippen molar-refractivity contribution in [3.05, 3.63) is 53.1 Å². The first-order valence-electron chi connectivity index (χ1n) is 9.55. The van der Waals surface area contributed by atoms with Crippen molar-refractivity contribution in [1.29, 1.82) is 0 Å². The highest BCUT2D eigenvalue weighted by Gasteiger charge is 2.38. The molecule has 5 rings (SSSR count). The van der Waals surface area contributed by atoms with Crippen LogP contribution in [0.25, 0.3) is 0 Å². The molecule has 1 unspecified atom stereocenters. The summed E-state index contributed by atoms with van der Waals surface area (Å²) in [7, 11) is -3.64. The molecule has 0 fully saturated rings. The quantitative estimate of drug-likeness (QED) is 0.802. The Hall–Kier alpha value is -2.34. The average molecular weight is 382 g/mol. The molecule has 0 saturated heterocycles. The van der Waals surface area contributed by atoms with Crippen molar-refractivity contribution in [3.8, 4) is 0 Å². The van der Waals surface area contributed by atoms with Crippen LogP contribution in [0.4, 0.5) is 11.4 Å². The number of hydrogen-bond donors (Lipinski definition) is 0. The van der Waals surface area contributed by atoms with Crippen LogP contribution in [0.2, 0.25) is 0 Å². The van der Waals surface area contributed by atoms with Crippen molar-refractivity contribution in [2.75, 3.05) is 15.7 Å². The minimum atomic E-state index is -3.64. The van der Waals surface area contributed by atoms with Gasteiger partial charge in [-0.05, 0) is 67.5 Å². The van der Waals surface area contributed by atoms with Gasteiger partial charge in [0, 0.05) is 19.0 Å². The lowest BCUT2D eigenvalue weighted by molar-refractivity contribution is -0.119. The summed E-state index contributed by atoms with van der Waals surface area (Å²) in [5.74, 6) is 0.154. The number of benzene rings is 2. The molecule has 2 aromatic carbocycles. The minimum absolute atomic E-state index is 0.0992. The van der Waals surface area contributed by atoms with E-state index in [-0.39, 0.29) is 11.9 Å². The number of carbonyl (C=O) groups is 1. The van der Waals surface area contributed by atoms with E-state index in [9.17, 15) is 13.2 Å². The van der Waals surface area contributed by atoms with E-state index in [2.05, 4.69) is 0 Å². The molecule has 1 amide bonds. The molecule has 6 heteroatoms. The molecule has 0 aliphatic carbocycles. The first kappa shape index (κ1) is 16.8.